The van der Waals surface area contributed by atoms with Crippen LogP contribution in [-0.2, 0) is 16.6 Å². The molecule has 1 aromatic rings. The van der Waals surface area contributed by atoms with Gasteiger partial charge in [-0.1, -0.05) is 73.6 Å². The van der Waals surface area contributed by atoms with Crippen molar-refractivity contribution in [1.29, 1.82) is 0 Å². The molecule has 1 rings (SSSR count). The van der Waals surface area contributed by atoms with Crippen LogP contribution in [0.25, 0.3) is 0 Å². The number of rotatable bonds is 9. The van der Waals surface area contributed by atoms with E-state index in [1.807, 2.05) is 34.6 Å². The first-order valence-corrected chi connectivity index (χ1v) is 11.8. The van der Waals surface area contributed by atoms with Crippen LogP contribution in [0, 0.1) is 5.92 Å². The van der Waals surface area contributed by atoms with Crippen molar-refractivity contribution in [2.75, 3.05) is 0 Å². The molecule has 3 heteroatoms. The topological polar surface area (TPSA) is 69.1 Å². The zero-order valence-electron chi connectivity index (χ0n) is 22.1. The number of carbonyl (C=O) groups is 1. The van der Waals surface area contributed by atoms with Crippen LogP contribution in [-0.4, -0.2) is 17.4 Å². The van der Waals surface area contributed by atoms with Gasteiger partial charge in [0.2, 0.25) is 0 Å². The molecule has 0 fully saturated rings. The minimum Gasteiger partial charge on any atom is -0.326 e. The van der Waals surface area contributed by atoms with Gasteiger partial charge in [-0.25, -0.2) is 0 Å². The zero-order chi connectivity index (χ0) is 24.3. The van der Waals surface area contributed by atoms with Gasteiger partial charge in [0.15, 0.2) is 0 Å². The Morgan fingerprint density at radius 2 is 1.33 bits per heavy atom. The highest BCUT2D eigenvalue weighted by Crippen LogP contribution is 2.35. The third-order valence-electron chi connectivity index (χ3n) is 4.92. The molecule has 0 radical (unpaired) electrons. The van der Waals surface area contributed by atoms with Gasteiger partial charge in [0.05, 0.1) is 0 Å². The lowest BCUT2D eigenvalue weighted by Crippen LogP contribution is -2.35. The van der Waals surface area contributed by atoms with Gasteiger partial charge in [0.25, 0.3) is 0 Å². The lowest BCUT2D eigenvalue weighted by molar-refractivity contribution is -0.111. The minimum atomic E-state index is -0.257. The first-order chi connectivity index (χ1) is 13.6. The average molecular weight is 421 g/mol. The summed E-state index contributed by atoms with van der Waals surface area (Å²) < 4.78 is 0. The van der Waals surface area contributed by atoms with Gasteiger partial charge in [-0.15, -0.1) is 0 Å². The van der Waals surface area contributed by atoms with Gasteiger partial charge >= 0.3 is 0 Å². The molecule has 0 aromatic heterocycles. The van der Waals surface area contributed by atoms with Crippen LogP contribution in [0.4, 0.5) is 0 Å². The molecule has 0 aliphatic rings. The fourth-order valence-corrected chi connectivity index (χ4v) is 3.90. The van der Waals surface area contributed by atoms with Gasteiger partial charge < -0.3 is 16.3 Å². The summed E-state index contributed by atoms with van der Waals surface area (Å²) in [6.45, 7) is 25.0. The number of nitrogens with two attached hydrogens (primary N) is 2. The van der Waals surface area contributed by atoms with E-state index >= 15 is 0 Å². The summed E-state index contributed by atoms with van der Waals surface area (Å²) in [6.07, 6.45) is 3.64. The quantitative estimate of drug-likeness (QED) is 0.434. The predicted octanol–water partition coefficient (Wildman–Crippen LogP) is 6.75. The van der Waals surface area contributed by atoms with Crippen LogP contribution in [0.5, 0.6) is 0 Å². The maximum atomic E-state index is 11.2. The number of benzene rings is 1. The molecular formula is C27H52N2O. The molecular weight excluding hydrogens is 368 g/mol. The third kappa shape index (κ3) is 12.5. The van der Waals surface area contributed by atoms with Crippen molar-refractivity contribution in [2.45, 2.75) is 125 Å². The molecule has 2 unspecified atom stereocenters. The fraction of sp³-hybridized carbons (Fsp3) is 0.741. The van der Waals surface area contributed by atoms with E-state index in [1.54, 1.807) is 0 Å². The molecule has 176 valence electrons. The fourth-order valence-electron chi connectivity index (χ4n) is 3.90. The molecule has 0 saturated carbocycles. The van der Waals surface area contributed by atoms with E-state index < -0.39 is 0 Å². The van der Waals surface area contributed by atoms with Crippen molar-refractivity contribution in [3.8, 4) is 0 Å². The Morgan fingerprint density at radius 1 is 0.833 bits per heavy atom. The summed E-state index contributed by atoms with van der Waals surface area (Å²) in [5.41, 5.74) is 15.9. The van der Waals surface area contributed by atoms with Gasteiger partial charge in [0.1, 0.15) is 6.29 Å². The molecule has 2 atom stereocenters. The average Bonchev–Trinajstić information content (AvgIpc) is 2.61. The number of hydrogen-bond donors (Lipinski definition) is 2. The second-order valence-corrected chi connectivity index (χ2v) is 10.4. The van der Waals surface area contributed by atoms with Crippen LogP contribution in [0.3, 0.4) is 0 Å². The minimum absolute atomic E-state index is 0.0449. The number of carbonyl (C=O) groups excluding carboxylic acids is 1. The molecule has 0 heterocycles. The number of aldehydes is 1. The van der Waals surface area contributed by atoms with Gasteiger partial charge in [-0.2, -0.15) is 0 Å². The number of hydrogen-bond acceptors (Lipinski definition) is 3. The first kappa shape index (κ1) is 31.0. The van der Waals surface area contributed by atoms with Gasteiger partial charge in [-0.3, -0.25) is 0 Å². The molecule has 0 amide bonds. The smallest absolute Gasteiger partial charge is 0.122 e. The van der Waals surface area contributed by atoms with Crippen LogP contribution >= 0.6 is 0 Å². The lowest BCUT2D eigenvalue weighted by Gasteiger charge is -2.31. The normalized spacial score (nSPS) is 13.9. The van der Waals surface area contributed by atoms with Crippen molar-refractivity contribution in [1.82, 2.24) is 0 Å². The highest BCUT2D eigenvalue weighted by Gasteiger charge is 2.26. The lowest BCUT2D eigenvalue weighted by atomic mass is 9.75. The molecule has 1 aromatic carbocycles. The van der Waals surface area contributed by atoms with Gasteiger partial charge in [0, 0.05) is 17.0 Å². The Balaban J connectivity index is 0. The second kappa shape index (κ2) is 13.3. The molecule has 0 aliphatic carbocycles. The Hall–Kier alpha value is -1.19. The standard InChI is InChI=1S/C23H40N2O.2C2H6/c1-16(15-26)12-21(3,4)20-10-18(14-23(7,8)25)9-19(11-20)17(2)13-22(5,6)24;2*1-2/h9-11,15-17H,12-14,24-25H2,1-8H3;2*1-2H3. The largest absolute Gasteiger partial charge is 0.326 e. The summed E-state index contributed by atoms with van der Waals surface area (Å²) in [5, 5.41) is 0. The summed E-state index contributed by atoms with van der Waals surface area (Å²) >= 11 is 0. The molecule has 0 saturated heterocycles. The van der Waals surface area contributed by atoms with E-state index in [1.165, 1.54) is 16.7 Å². The van der Waals surface area contributed by atoms with E-state index in [4.69, 9.17) is 11.5 Å². The first-order valence-electron chi connectivity index (χ1n) is 11.8. The molecule has 0 bridgehead atoms. The molecule has 3 nitrogen and oxygen atoms in total. The Bertz CT molecular complexity index is 606. The van der Waals surface area contributed by atoms with Gasteiger partial charge in [-0.05, 0) is 75.0 Å². The summed E-state index contributed by atoms with van der Waals surface area (Å²) in [5.74, 6) is 0.414. The Labute approximate surface area is 188 Å². The maximum Gasteiger partial charge on any atom is 0.122 e. The van der Waals surface area contributed by atoms with Crippen molar-refractivity contribution in [2.24, 2.45) is 17.4 Å². The monoisotopic (exact) mass is 420 g/mol. The maximum absolute atomic E-state index is 11.2. The van der Waals surface area contributed by atoms with E-state index in [9.17, 15) is 4.79 Å². The van der Waals surface area contributed by atoms with Crippen LogP contribution in [0.1, 0.15) is 119 Å². The molecule has 30 heavy (non-hydrogen) atoms. The van der Waals surface area contributed by atoms with E-state index in [-0.39, 0.29) is 22.4 Å². The second-order valence-electron chi connectivity index (χ2n) is 10.4. The van der Waals surface area contributed by atoms with E-state index in [2.05, 4.69) is 66.7 Å². The van der Waals surface area contributed by atoms with Crippen molar-refractivity contribution in [3.63, 3.8) is 0 Å². The van der Waals surface area contributed by atoms with Crippen LogP contribution in [0.15, 0.2) is 18.2 Å². The SMILES string of the molecule is CC.CC.CC(C=O)CC(C)(C)c1cc(CC(C)(C)N)cc(C(C)CC(C)(C)N)c1. The van der Waals surface area contributed by atoms with Crippen molar-refractivity contribution in [3.05, 3.63) is 34.9 Å². The highest BCUT2D eigenvalue weighted by molar-refractivity contribution is 5.53. The predicted molar refractivity (Wildman–Crippen MR) is 135 cm³/mol. The van der Waals surface area contributed by atoms with Crippen LogP contribution in [0.2, 0.25) is 0 Å². The summed E-state index contributed by atoms with van der Waals surface area (Å²) in [4.78, 5) is 11.2. The zero-order valence-corrected chi connectivity index (χ0v) is 22.1. The van der Waals surface area contributed by atoms with E-state index in [0.29, 0.717) is 5.92 Å². The van der Waals surface area contributed by atoms with Crippen molar-refractivity contribution >= 4 is 6.29 Å². The summed E-state index contributed by atoms with van der Waals surface area (Å²) in [6, 6.07) is 6.87. The summed E-state index contributed by atoms with van der Waals surface area (Å²) in [7, 11) is 0. The molecule has 4 N–H and O–H groups in total. The van der Waals surface area contributed by atoms with Crippen LogP contribution < -0.4 is 11.5 Å². The highest BCUT2D eigenvalue weighted by atomic mass is 16.1. The third-order valence-corrected chi connectivity index (χ3v) is 4.92. The molecule has 0 aliphatic heterocycles. The molecule has 0 spiro atoms. The Kier molecular flexibility index (Phi) is 13.7. The van der Waals surface area contributed by atoms with Crippen molar-refractivity contribution < 1.29 is 4.79 Å². The Morgan fingerprint density at radius 3 is 1.73 bits per heavy atom. The van der Waals surface area contributed by atoms with E-state index in [0.717, 1.165) is 25.5 Å².